The molecule has 0 amide bonds. The molecule has 0 atom stereocenters. The summed E-state index contributed by atoms with van der Waals surface area (Å²) in [5.41, 5.74) is 1.82. The largest absolute Gasteiger partial charge is 0.380 e. The number of hydrogen-bond acceptors (Lipinski definition) is 3. The van der Waals surface area contributed by atoms with Crippen molar-refractivity contribution in [3.63, 3.8) is 0 Å². The number of hydrogen-bond donors (Lipinski definition) is 1. The fraction of sp³-hybridized carbons (Fsp3) is 0.143. The Balaban J connectivity index is 2.26. The Morgan fingerprint density at radius 3 is 2.76 bits per heavy atom. The topological polar surface area (TPSA) is 55.2 Å². The second-order valence-corrected chi connectivity index (χ2v) is 5.76. The highest BCUT2D eigenvalue weighted by molar-refractivity contribution is 9.10. The number of halogens is 3. The summed E-state index contributed by atoms with van der Waals surface area (Å²) in [5, 5.41) is 14.4. The standard InChI is InChI=1S/C14H11BrClFN2O2/c1-8-4-11(15)12(17)6-13(8)18-7-9-5-10(16)2-3-14(9)19(20)21/h2-6,18H,7H2,1H3. The Labute approximate surface area is 134 Å². The second-order valence-electron chi connectivity index (χ2n) is 4.46. The molecule has 2 aromatic rings. The van der Waals surface area contributed by atoms with Crippen LogP contribution in [0.15, 0.2) is 34.8 Å². The van der Waals surface area contributed by atoms with Gasteiger partial charge in [0.2, 0.25) is 0 Å². The van der Waals surface area contributed by atoms with E-state index in [0.29, 0.717) is 20.7 Å². The van der Waals surface area contributed by atoms with Gasteiger partial charge in [0.25, 0.3) is 5.69 Å². The zero-order chi connectivity index (χ0) is 15.6. The van der Waals surface area contributed by atoms with E-state index < -0.39 is 10.7 Å². The number of anilines is 1. The quantitative estimate of drug-likeness (QED) is 0.601. The minimum atomic E-state index is -0.470. The summed E-state index contributed by atoms with van der Waals surface area (Å²) in [6.45, 7) is 2.00. The fourth-order valence-electron chi connectivity index (χ4n) is 1.90. The van der Waals surface area contributed by atoms with E-state index in [9.17, 15) is 14.5 Å². The van der Waals surface area contributed by atoms with Gasteiger partial charge in [-0.15, -0.1) is 0 Å². The van der Waals surface area contributed by atoms with E-state index in [0.717, 1.165) is 5.56 Å². The van der Waals surface area contributed by atoms with Crippen LogP contribution in [0.25, 0.3) is 0 Å². The highest BCUT2D eigenvalue weighted by atomic mass is 79.9. The molecule has 0 aliphatic heterocycles. The molecule has 4 nitrogen and oxygen atoms in total. The number of nitrogens with one attached hydrogen (secondary N) is 1. The first-order valence-corrected chi connectivity index (χ1v) is 7.18. The summed E-state index contributed by atoms with van der Waals surface area (Å²) < 4.78 is 13.9. The maximum absolute atomic E-state index is 13.5. The molecule has 0 unspecified atom stereocenters. The monoisotopic (exact) mass is 372 g/mol. The lowest BCUT2D eigenvalue weighted by Crippen LogP contribution is -2.04. The lowest BCUT2D eigenvalue weighted by Gasteiger charge is -2.11. The van der Waals surface area contributed by atoms with Crippen molar-refractivity contribution in [3.8, 4) is 0 Å². The van der Waals surface area contributed by atoms with Crippen LogP contribution in [0.5, 0.6) is 0 Å². The molecule has 0 fully saturated rings. The first-order chi connectivity index (χ1) is 9.88. The van der Waals surface area contributed by atoms with Crippen LogP contribution in [0.2, 0.25) is 5.02 Å². The Hall–Kier alpha value is -1.66. The molecule has 0 spiro atoms. The molecule has 21 heavy (non-hydrogen) atoms. The van der Waals surface area contributed by atoms with E-state index in [1.807, 2.05) is 6.92 Å². The third kappa shape index (κ3) is 3.71. The van der Waals surface area contributed by atoms with Gasteiger partial charge in [-0.2, -0.15) is 0 Å². The lowest BCUT2D eigenvalue weighted by molar-refractivity contribution is -0.385. The van der Waals surface area contributed by atoms with Crippen molar-refractivity contribution >= 4 is 38.9 Å². The molecule has 0 saturated carbocycles. The Bertz CT molecular complexity index is 710. The Kier molecular flexibility index (Phi) is 4.80. The van der Waals surface area contributed by atoms with Crippen molar-refractivity contribution in [2.75, 3.05) is 5.32 Å². The Morgan fingerprint density at radius 1 is 1.38 bits per heavy atom. The molecular weight excluding hydrogens is 363 g/mol. The smallest absolute Gasteiger partial charge is 0.274 e. The molecule has 0 aliphatic rings. The SMILES string of the molecule is Cc1cc(Br)c(F)cc1NCc1cc(Cl)ccc1[N+](=O)[O-]. The summed E-state index contributed by atoms with van der Waals surface area (Å²) in [6, 6.07) is 7.33. The van der Waals surface area contributed by atoms with Gasteiger partial charge in [0.05, 0.1) is 15.0 Å². The third-order valence-electron chi connectivity index (χ3n) is 2.97. The molecule has 0 aromatic heterocycles. The van der Waals surface area contributed by atoms with Crippen molar-refractivity contribution in [2.45, 2.75) is 13.5 Å². The number of rotatable bonds is 4. The molecule has 1 N–H and O–H groups in total. The minimum absolute atomic E-state index is 0.0258. The normalized spacial score (nSPS) is 10.5. The van der Waals surface area contributed by atoms with E-state index in [1.54, 1.807) is 6.07 Å². The molecule has 0 saturated heterocycles. The van der Waals surface area contributed by atoms with Crippen LogP contribution < -0.4 is 5.32 Å². The van der Waals surface area contributed by atoms with Gasteiger partial charge >= 0.3 is 0 Å². The molecule has 0 bridgehead atoms. The number of aryl methyl sites for hydroxylation is 1. The van der Waals surface area contributed by atoms with Crippen molar-refractivity contribution < 1.29 is 9.31 Å². The van der Waals surface area contributed by atoms with E-state index >= 15 is 0 Å². The minimum Gasteiger partial charge on any atom is -0.380 e. The zero-order valence-electron chi connectivity index (χ0n) is 11.0. The summed E-state index contributed by atoms with van der Waals surface area (Å²) in [4.78, 5) is 10.5. The van der Waals surface area contributed by atoms with Crippen LogP contribution in [0.4, 0.5) is 15.8 Å². The maximum Gasteiger partial charge on any atom is 0.274 e. The average molecular weight is 374 g/mol. The van der Waals surface area contributed by atoms with Crippen LogP contribution in [0, 0.1) is 22.9 Å². The van der Waals surface area contributed by atoms with Crippen molar-refractivity contribution in [1.82, 2.24) is 0 Å². The maximum atomic E-state index is 13.5. The van der Waals surface area contributed by atoms with E-state index in [-0.39, 0.29) is 12.2 Å². The zero-order valence-corrected chi connectivity index (χ0v) is 13.3. The number of nitro benzene ring substituents is 1. The molecule has 2 aromatic carbocycles. The molecule has 2 rings (SSSR count). The van der Waals surface area contributed by atoms with Gasteiger partial charge in [-0.3, -0.25) is 10.1 Å². The van der Waals surface area contributed by atoms with E-state index in [4.69, 9.17) is 11.6 Å². The molecule has 0 aliphatic carbocycles. The average Bonchev–Trinajstić information content (AvgIpc) is 2.41. The highest BCUT2D eigenvalue weighted by Crippen LogP contribution is 2.27. The summed E-state index contributed by atoms with van der Waals surface area (Å²) in [7, 11) is 0. The van der Waals surface area contributed by atoms with Crippen LogP contribution in [-0.2, 0) is 6.54 Å². The van der Waals surface area contributed by atoms with E-state index in [2.05, 4.69) is 21.2 Å². The van der Waals surface area contributed by atoms with Gasteiger partial charge in [0.1, 0.15) is 5.82 Å². The van der Waals surface area contributed by atoms with Gasteiger partial charge in [-0.05, 0) is 52.7 Å². The molecule has 0 radical (unpaired) electrons. The summed E-state index contributed by atoms with van der Waals surface area (Å²) in [5.74, 6) is -0.399. The van der Waals surface area contributed by atoms with Crippen LogP contribution in [-0.4, -0.2) is 4.92 Å². The molecular formula is C14H11BrClFN2O2. The van der Waals surface area contributed by atoms with Gasteiger partial charge in [-0.1, -0.05) is 11.6 Å². The van der Waals surface area contributed by atoms with Crippen LogP contribution in [0.3, 0.4) is 0 Å². The fourth-order valence-corrected chi connectivity index (χ4v) is 2.55. The third-order valence-corrected chi connectivity index (χ3v) is 3.82. The number of benzene rings is 2. The van der Waals surface area contributed by atoms with E-state index in [1.165, 1.54) is 24.3 Å². The van der Waals surface area contributed by atoms with Gasteiger partial charge < -0.3 is 5.32 Å². The molecule has 0 heterocycles. The first kappa shape index (κ1) is 15.7. The highest BCUT2D eigenvalue weighted by Gasteiger charge is 2.14. The predicted octanol–water partition coefficient (Wildman–Crippen LogP) is 5.07. The van der Waals surface area contributed by atoms with Crippen molar-refractivity contribution in [2.24, 2.45) is 0 Å². The molecule has 110 valence electrons. The van der Waals surface area contributed by atoms with Crippen LogP contribution >= 0.6 is 27.5 Å². The lowest BCUT2D eigenvalue weighted by atomic mass is 10.1. The van der Waals surface area contributed by atoms with Crippen molar-refractivity contribution in [1.29, 1.82) is 0 Å². The Morgan fingerprint density at radius 2 is 2.10 bits per heavy atom. The van der Waals surface area contributed by atoms with Gasteiger partial charge in [0.15, 0.2) is 0 Å². The predicted molar refractivity (Wildman–Crippen MR) is 84.3 cm³/mol. The summed E-state index contributed by atoms with van der Waals surface area (Å²) in [6.07, 6.45) is 0. The van der Waals surface area contributed by atoms with Gasteiger partial charge in [-0.25, -0.2) is 4.39 Å². The molecule has 7 heteroatoms. The summed E-state index contributed by atoms with van der Waals surface area (Å²) >= 11 is 8.97. The number of nitro groups is 1. The first-order valence-electron chi connectivity index (χ1n) is 6.01. The van der Waals surface area contributed by atoms with Crippen molar-refractivity contribution in [3.05, 3.63) is 66.9 Å². The van der Waals surface area contributed by atoms with Gasteiger partial charge in [0, 0.05) is 23.3 Å². The number of nitrogens with zero attached hydrogens (tertiary/aromatic N) is 1. The second kappa shape index (κ2) is 6.41. The van der Waals surface area contributed by atoms with Crippen LogP contribution in [0.1, 0.15) is 11.1 Å².